The summed E-state index contributed by atoms with van der Waals surface area (Å²) in [6.07, 6.45) is 1.01. The van der Waals surface area contributed by atoms with Crippen LogP contribution in [-0.4, -0.2) is 79.6 Å². The zero-order valence-electron chi connectivity index (χ0n) is 13.2. The average molecular weight is 307 g/mol. The molecule has 1 aromatic heterocycles. The largest absolute Gasteiger partial charge is 0.395 e. The summed E-state index contributed by atoms with van der Waals surface area (Å²) in [5, 5.41) is 12.1. The fraction of sp³-hybridized carbons (Fsp3) is 0.733. The van der Waals surface area contributed by atoms with Gasteiger partial charge in [-0.15, -0.1) is 0 Å². The monoisotopic (exact) mass is 307 g/mol. The smallest absolute Gasteiger partial charge is 0.224 e. The van der Waals surface area contributed by atoms with E-state index >= 15 is 0 Å². The fourth-order valence-corrected chi connectivity index (χ4v) is 2.87. The molecule has 0 spiro atoms. The number of nitrogens with zero attached hydrogens (tertiary/aromatic N) is 4. The first-order valence-electron chi connectivity index (χ1n) is 8.01. The molecule has 0 radical (unpaired) electrons. The molecular formula is C15H25N5O2. The van der Waals surface area contributed by atoms with Gasteiger partial charge in [0.2, 0.25) is 5.95 Å². The van der Waals surface area contributed by atoms with Crippen molar-refractivity contribution in [2.24, 2.45) is 0 Å². The number of nitrogens with one attached hydrogen (secondary N) is 1. The zero-order chi connectivity index (χ0) is 15.4. The second-order valence-electron chi connectivity index (χ2n) is 5.98. The number of piperazine rings is 1. The molecule has 0 unspecified atom stereocenters. The van der Waals surface area contributed by atoms with Crippen molar-refractivity contribution in [1.29, 1.82) is 0 Å². The lowest BCUT2D eigenvalue weighted by molar-refractivity contribution is 0.193. The molecule has 2 N–H and O–H groups in total. The molecule has 1 atom stereocenters. The fourth-order valence-electron chi connectivity index (χ4n) is 2.87. The van der Waals surface area contributed by atoms with E-state index in [0.29, 0.717) is 18.4 Å². The van der Waals surface area contributed by atoms with Crippen LogP contribution in [0.25, 0.3) is 0 Å². The Morgan fingerprint density at radius 2 is 2.14 bits per heavy atom. The van der Waals surface area contributed by atoms with Crippen LogP contribution in [-0.2, 0) is 4.74 Å². The standard InChI is InChI=1S/C15H25N5O2/c1-19-4-6-20(7-5-19)14-10-13(12-2-9-22-11-12)17-15(18-14)16-3-8-21/h10,12,21H,2-9,11H2,1H3,(H,16,17,18)/t12-/m1/s1. The van der Waals surface area contributed by atoms with Crippen molar-refractivity contribution in [3.05, 3.63) is 11.8 Å². The topological polar surface area (TPSA) is 73.8 Å². The predicted octanol–water partition coefficient (Wildman–Crippen LogP) is 0.137. The van der Waals surface area contributed by atoms with E-state index in [1.54, 1.807) is 0 Å². The van der Waals surface area contributed by atoms with Gasteiger partial charge in [-0.2, -0.15) is 4.98 Å². The van der Waals surface area contributed by atoms with Crippen LogP contribution in [0.1, 0.15) is 18.0 Å². The van der Waals surface area contributed by atoms with Crippen molar-refractivity contribution < 1.29 is 9.84 Å². The van der Waals surface area contributed by atoms with Gasteiger partial charge in [0.15, 0.2) is 0 Å². The summed E-state index contributed by atoms with van der Waals surface area (Å²) in [4.78, 5) is 13.9. The summed E-state index contributed by atoms with van der Waals surface area (Å²) in [7, 11) is 2.15. The molecule has 2 fully saturated rings. The van der Waals surface area contributed by atoms with Gasteiger partial charge >= 0.3 is 0 Å². The van der Waals surface area contributed by atoms with E-state index in [9.17, 15) is 0 Å². The van der Waals surface area contributed by atoms with Gasteiger partial charge in [-0.05, 0) is 13.5 Å². The molecule has 1 aromatic rings. The minimum absolute atomic E-state index is 0.0734. The number of aromatic nitrogens is 2. The molecule has 2 saturated heterocycles. The number of anilines is 2. The Morgan fingerprint density at radius 3 is 2.82 bits per heavy atom. The molecular weight excluding hydrogens is 282 g/mol. The molecule has 2 aliphatic heterocycles. The molecule has 0 bridgehead atoms. The number of hydrogen-bond donors (Lipinski definition) is 2. The number of rotatable bonds is 5. The van der Waals surface area contributed by atoms with Crippen molar-refractivity contribution in [2.45, 2.75) is 12.3 Å². The molecule has 0 amide bonds. The van der Waals surface area contributed by atoms with Crippen molar-refractivity contribution in [1.82, 2.24) is 14.9 Å². The number of aliphatic hydroxyl groups is 1. The molecule has 2 aliphatic rings. The maximum Gasteiger partial charge on any atom is 0.224 e. The Morgan fingerprint density at radius 1 is 1.32 bits per heavy atom. The number of aliphatic hydroxyl groups excluding tert-OH is 1. The lowest BCUT2D eigenvalue weighted by atomic mass is 10.0. The van der Waals surface area contributed by atoms with Crippen LogP contribution in [0.3, 0.4) is 0 Å². The van der Waals surface area contributed by atoms with E-state index in [4.69, 9.17) is 9.84 Å². The Kier molecular flexibility index (Phi) is 5.07. The van der Waals surface area contributed by atoms with Gasteiger partial charge in [-0.1, -0.05) is 0 Å². The third-order valence-corrected chi connectivity index (χ3v) is 4.30. The van der Waals surface area contributed by atoms with Crippen molar-refractivity contribution in [2.75, 3.05) is 69.8 Å². The van der Waals surface area contributed by atoms with Crippen LogP contribution in [0.15, 0.2) is 6.07 Å². The first-order valence-corrected chi connectivity index (χ1v) is 8.01. The van der Waals surface area contributed by atoms with E-state index in [0.717, 1.165) is 57.3 Å². The molecule has 0 aliphatic carbocycles. The van der Waals surface area contributed by atoms with Gasteiger partial charge in [0.25, 0.3) is 0 Å². The van der Waals surface area contributed by atoms with Crippen molar-refractivity contribution >= 4 is 11.8 Å². The SMILES string of the molecule is CN1CCN(c2cc([C@@H]3CCOC3)nc(NCCO)n2)CC1. The highest BCUT2D eigenvalue weighted by Crippen LogP contribution is 2.27. The quantitative estimate of drug-likeness (QED) is 0.801. The molecule has 7 nitrogen and oxygen atoms in total. The lowest BCUT2D eigenvalue weighted by Gasteiger charge is -2.33. The van der Waals surface area contributed by atoms with Gasteiger partial charge in [-0.25, -0.2) is 4.98 Å². The third kappa shape index (κ3) is 3.66. The maximum atomic E-state index is 9.00. The third-order valence-electron chi connectivity index (χ3n) is 4.30. The molecule has 3 rings (SSSR count). The Balaban J connectivity index is 1.81. The summed E-state index contributed by atoms with van der Waals surface area (Å²) in [6, 6.07) is 2.11. The Bertz CT molecular complexity index is 485. The first kappa shape index (κ1) is 15.5. The Labute approximate surface area is 131 Å². The maximum absolute atomic E-state index is 9.00. The summed E-state index contributed by atoms with van der Waals surface area (Å²) in [5.41, 5.74) is 1.04. The van der Waals surface area contributed by atoms with Gasteiger partial charge in [0.05, 0.1) is 18.9 Å². The van der Waals surface area contributed by atoms with Crippen LogP contribution in [0, 0.1) is 0 Å². The lowest BCUT2D eigenvalue weighted by Crippen LogP contribution is -2.45. The summed E-state index contributed by atoms with van der Waals surface area (Å²) in [6.45, 7) is 6.13. The minimum atomic E-state index is 0.0734. The highest BCUT2D eigenvalue weighted by molar-refractivity contribution is 5.46. The van der Waals surface area contributed by atoms with Gasteiger partial charge in [0, 0.05) is 51.3 Å². The van der Waals surface area contributed by atoms with Gasteiger partial charge < -0.3 is 25.0 Å². The molecule has 0 saturated carbocycles. The second-order valence-corrected chi connectivity index (χ2v) is 5.98. The Hall–Kier alpha value is -1.44. The van der Waals surface area contributed by atoms with Crippen LogP contribution < -0.4 is 10.2 Å². The average Bonchev–Trinajstić information content (AvgIpc) is 3.08. The van der Waals surface area contributed by atoms with Crippen molar-refractivity contribution in [3.63, 3.8) is 0 Å². The molecule has 3 heterocycles. The van der Waals surface area contributed by atoms with E-state index in [1.165, 1.54) is 0 Å². The van der Waals surface area contributed by atoms with E-state index < -0.39 is 0 Å². The molecule has 0 aromatic carbocycles. The molecule has 22 heavy (non-hydrogen) atoms. The zero-order valence-corrected chi connectivity index (χ0v) is 13.2. The number of likely N-dealkylation sites (N-methyl/N-ethyl adjacent to an activating group) is 1. The van der Waals surface area contributed by atoms with E-state index in [2.05, 4.69) is 38.2 Å². The van der Waals surface area contributed by atoms with Crippen LogP contribution in [0.4, 0.5) is 11.8 Å². The summed E-state index contributed by atoms with van der Waals surface area (Å²) in [5.74, 6) is 1.93. The first-order chi connectivity index (χ1) is 10.8. The van der Waals surface area contributed by atoms with Gasteiger partial charge in [0.1, 0.15) is 5.82 Å². The summed E-state index contributed by atoms with van der Waals surface area (Å²) >= 11 is 0. The van der Waals surface area contributed by atoms with Crippen LogP contribution >= 0.6 is 0 Å². The second kappa shape index (κ2) is 7.21. The summed E-state index contributed by atoms with van der Waals surface area (Å²) < 4.78 is 5.49. The number of hydrogen-bond acceptors (Lipinski definition) is 7. The van der Waals surface area contributed by atoms with E-state index in [-0.39, 0.29) is 6.61 Å². The molecule has 7 heteroatoms. The molecule has 122 valence electrons. The predicted molar refractivity (Wildman–Crippen MR) is 85.5 cm³/mol. The number of ether oxygens (including phenoxy) is 1. The highest BCUT2D eigenvalue weighted by atomic mass is 16.5. The van der Waals surface area contributed by atoms with E-state index in [1.807, 2.05) is 0 Å². The van der Waals surface area contributed by atoms with Gasteiger partial charge in [-0.3, -0.25) is 0 Å². The minimum Gasteiger partial charge on any atom is -0.395 e. The van der Waals surface area contributed by atoms with Crippen molar-refractivity contribution in [3.8, 4) is 0 Å². The van der Waals surface area contributed by atoms with Crippen LogP contribution in [0.5, 0.6) is 0 Å². The highest BCUT2D eigenvalue weighted by Gasteiger charge is 2.23. The normalized spacial score (nSPS) is 23.0. The van der Waals surface area contributed by atoms with Crippen LogP contribution in [0.2, 0.25) is 0 Å².